The Bertz CT molecular complexity index is 446. The van der Waals surface area contributed by atoms with Crippen LogP contribution >= 0.6 is 23.1 Å². The van der Waals surface area contributed by atoms with Crippen molar-refractivity contribution in [2.45, 2.75) is 30.6 Å². The van der Waals surface area contributed by atoms with Crippen LogP contribution in [0.3, 0.4) is 0 Å². The first-order valence-corrected chi connectivity index (χ1v) is 7.40. The minimum absolute atomic E-state index is 0.108. The molecule has 2 aromatic rings. The fourth-order valence-corrected chi connectivity index (χ4v) is 3.49. The molecule has 0 bridgehead atoms. The number of hydrogen-bond acceptors (Lipinski definition) is 4. The van der Waals surface area contributed by atoms with E-state index in [1.807, 2.05) is 18.2 Å². The largest absolute Gasteiger partial charge is 0.391 e. The Morgan fingerprint density at radius 3 is 2.65 bits per heavy atom. The number of hydrogen-bond donors (Lipinski definition) is 1. The summed E-state index contributed by atoms with van der Waals surface area (Å²) in [6, 6.07) is 10.3. The lowest BCUT2D eigenvalue weighted by Crippen LogP contribution is -1.87. The fourth-order valence-electron chi connectivity index (χ4n) is 1.56. The van der Waals surface area contributed by atoms with Crippen molar-refractivity contribution in [3.8, 4) is 0 Å². The van der Waals surface area contributed by atoms with E-state index in [1.54, 1.807) is 23.1 Å². The van der Waals surface area contributed by atoms with Crippen molar-refractivity contribution < 1.29 is 5.11 Å². The molecule has 0 amide bonds. The maximum atomic E-state index is 9.21. The van der Waals surface area contributed by atoms with E-state index in [2.05, 4.69) is 24.0 Å². The van der Waals surface area contributed by atoms with Gasteiger partial charge >= 0.3 is 0 Å². The Morgan fingerprint density at radius 2 is 2.06 bits per heavy atom. The second-order valence-electron chi connectivity index (χ2n) is 3.59. The summed E-state index contributed by atoms with van der Waals surface area (Å²) in [5, 5.41) is 10.3. The number of thiazole rings is 1. The summed E-state index contributed by atoms with van der Waals surface area (Å²) in [6.07, 6.45) is 0.891. The van der Waals surface area contributed by atoms with Gasteiger partial charge in [0.25, 0.3) is 0 Å². The van der Waals surface area contributed by atoms with E-state index < -0.39 is 0 Å². The molecule has 2 nitrogen and oxygen atoms in total. The topological polar surface area (TPSA) is 33.1 Å². The van der Waals surface area contributed by atoms with Gasteiger partial charge in [0, 0.05) is 4.90 Å². The highest BCUT2D eigenvalue weighted by Gasteiger charge is 2.08. The van der Waals surface area contributed by atoms with Crippen LogP contribution in [-0.4, -0.2) is 10.1 Å². The van der Waals surface area contributed by atoms with E-state index in [9.17, 15) is 5.11 Å². The number of aryl methyl sites for hydroxylation is 1. The first-order valence-electron chi connectivity index (χ1n) is 5.59. The number of benzene rings is 1. The quantitative estimate of drug-likeness (QED) is 0.840. The molecule has 0 atom stereocenters. The predicted octanol–water partition coefficient (Wildman–Crippen LogP) is 3.49. The summed E-state index contributed by atoms with van der Waals surface area (Å²) in [7, 11) is 0. The van der Waals surface area contributed by atoms with Crippen LogP contribution in [0.1, 0.15) is 22.5 Å². The maximum absolute atomic E-state index is 9.21. The van der Waals surface area contributed by atoms with Gasteiger partial charge < -0.3 is 5.11 Å². The van der Waals surface area contributed by atoms with Crippen LogP contribution in [0.2, 0.25) is 0 Å². The van der Waals surface area contributed by atoms with Crippen LogP contribution in [0, 0.1) is 0 Å². The second-order valence-corrected chi connectivity index (χ2v) is 5.81. The molecule has 0 spiro atoms. The summed E-state index contributed by atoms with van der Waals surface area (Å²) >= 11 is 3.40. The SMILES string of the molecule is CCc1nc(CSc2ccccc2)sc1CO. The first kappa shape index (κ1) is 12.6. The summed E-state index contributed by atoms with van der Waals surface area (Å²) in [5.74, 6) is 0.877. The molecule has 0 saturated heterocycles. The number of aliphatic hydroxyl groups is 1. The molecule has 1 aromatic carbocycles. The number of nitrogens with zero attached hydrogens (tertiary/aromatic N) is 1. The minimum Gasteiger partial charge on any atom is -0.391 e. The highest BCUT2D eigenvalue weighted by molar-refractivity contribution is 7.98. The molecule has 0 radical (unpaired) electrons. The molecule has 1 N–H and O–H groups in total. The molecule has 1 aromatic heterocycles. The molecular weight excluding hydrogens is 250 g/mol. The van der Waals surface area contributed by atoms with E-state index in [1.165, 1.54) is 4.90 Å². The van der Waals surface area contributed by atoms with Crippen molar-refractivity contribution in [3.05, 3.63) is 45.9 Å². The van der Waals surface area contributed by atoms with Crippen molar-refractivity contribution in [2.75, 3.05) is 0 Å². The van der Waals surface area contributed by atoms with Crippen molar-refractivity contribution in [1.29, 1.82) is 0 Å². The third-order valence-electron chi connectivity index (χ3n) is 2.41. The summed E-state index contributed by atoms with van der Waals surface area (Å²) in [5.41, 5.74) is 1.04. The zero-order valence-electron chi connectivity index (χ0n) is 9.72. The van der Waals surface area contributed by atoms with E-state index in [-0.39, 0.29) is 6.61 Å². The normalized spacial score (nSPS) is 10.7. The zero-order valence-corrected chi connectivity index (χ0v) is 11.4. The van der Waals surface area contributed by atoms with Gasteiger partial charge in [-0.2, -0.15) is 0 Å². The maximum Gasteiger partial charge on any atom is 0.103 e. The van der Waals surface area contributed by atoms with E-state index >= 15 is 0 Å². The van der Waals surface area contributed by atoms with Gasteiger partial charge in [0.15, 0.2) is 0 Å². The van der Waals surface area contributed by atoms with Gasteiger partial charge in [-0.1, -0.05) is 25.1 Å². The van der Waals surface area contributed by atoms with Crippen LogP contribution in [0.4, 0.5) is 0 Å². The van der Waals surface area contributed by atoms with Crippen molar-refractivity contribution >= 4 is 23.1 Å². The van der Waals surface area contributed by atoms with Gasteiger partial charge in [0.2, 0.25) is 0 Å². The molecule has 17 heavy (non-hydrogen) atoms. The summed E-state index contributed by atoms with van der Waals surface area (Å²) < 4.78 is 0. The molecule has 0 aliphatic heterocycles. The van der Waals surface area contributed by atoms with Gasteiger partial charge in [0.05, 0.1) is 22.9 Å². The monoisotopic (exact) mass is 265 g/mol. The average Bonchev–Trinajstić information content (AvgIpc) is 2.80. The van der Waals surface area contributed by atoms with E-state index in [0.29, 0.717) is 0 Å². The molecule has 4 heteroatoms. The summed E-state index contributed by atoms with van der Waals surface area (Å²) in [6.45, 7) is 2.18. The molecule has 0 fully saturated rings. The first-order chi connectivity index (χ1) is 8.33. The molecule has 0 aliphatic rings. The van der Waals surface area contributed by atoms with Gasteiger partial charge in [0.1, 0.15) is 5.01 Å². The van der Waals surface area contributed by atoms with E-state index in [0.717, 1.165) is 27.8 Å². The molecule has 2 rings (SSSR count). The highest BCUT2D eigenvalue weighted by atomic mass is 32.2. The summed E-state index contributed by atoms with van der Waals surface area (Å²) in [4.78, 5) is 6.82. The number of aromatic nitrogens is 1. The predicted molar refractivity (Wildman–Crippen MR) is 73.4 cm³/mol. The lowest BCUT2D eigenvalue weighted by molar-refractivity contribution is 0.284. The van der Waals surface area contributed by atoms with Crippen molar-refractivity contribution in [3.63, 3.8) is 0 Å². The third-order valence-corrected chi connectivity index (χ3v) is 4.69. The van der Waals surface area contributed by atoms with Crippen LogP contribution in [-0.2, 0) is 18.8 Å². The second kappa shape index (κ2) is 6.19. The lowest BCUT2D eigenvalue weighted by atomic mass is 10.3. The average molecular weight is 265 g/mol. The number of aliphatic hydroxyl groups excluding tert-OH is 1. The van der Waals surface area contributed by atoms with E-state index in [4.69, 9.17) is 0 Å². The van der Waals surface area contributed by atoms with Crippen LogP contribution in [0.25, 0.3) is 0 Å². The van der Waals surface area contributed by atoms with Crippen LogP contribution in [0.5, 0.6) is 0 Å². The Balaban J connectivity index is 2.02. The molecule has 0 saturated carbocycles. The zero-order chi connectivity index (χ0) is 12.1. The lowest BCUT2D eigenvalue weighted by Gasteiger charge is -1.97. The number of thioether (sulfide) groups is 1. The smallest absolute Gasteiger partial charge is 0.103 e. The number of rotatable bonds is 5. The Labute approximate surface area is 110 Å². The van der Waals surface area contributed by atoms with Gasteiger partial charge in [-0.05, 0) is 18.6 Å². The van der Waals surface area contributed by atoms with Gasteiger partial charge in [-0.25, -0.2) is 4.98 Å². The molecule has 1 heterocycles. The van der Waals surface area contributed by atoms with Crippen LogP contribution < -0.4 is 0 Å². The Kier molecular flexibility index (Phi) is 4.59. The van der Waals surface area contributed by atoms with Gasteiger partial charge in [-0.15, -0.1) is 23.1 Å². The Hall–Kier alpha value is -0.840. The third kappa shape index (κ3) is 3.31. The molecule has 90 valence electrons. The minimum atomic E-state index is 0.108. The standard InChI is InChI=1S/C13H15NOS2/c1-2-11-12(8-15)17-13(14-11)9-16-10-6-4-3-5-7-10/h3-7,15H,2,8-9H2,1H3. The van der Waals surface area contributed by atoms with Gasteiger partial charge in [-0.3, -0.25) is 0 Å². The molecular formula is C13H15NOS2. The van der Waals surface area contributed by atoms with Crippen molar-refractivity contribution in [1.82, 2.24) is 4.98 Å². The fraction of sp³-hybridized carbons (Fsp3) is 0.308. The molecule has 0 unspecified atom stereocenters. The van der Waals surface area contributed by atoms with Crippen LogP contribution in [0.15, 0.2) is 35.2 Å². The van der Waals surface area contributed by atoms with Crippen molar-refractivity contribution in [2.24, 2.45) is 0 Å². The highest BCUT2D eigenvalue weighted by Crippen LogP contribution is 2.27. The Morgan fingerprint density at radius 1 is 1.29 bits per heavy atom. The molecule has 0 aliphatic carbocycles.